The van der Waals surface area contributed by atoms with Crippen LogP contribution in [0.3, 0.4) is 0 Å². The molecule has 0 atom stereocenters. The quantitative estimate of drug-likeness (QED) is 0.232. The molecule has 3 N–H and O–H groups in total. The summed E-state index contributed by atoms with van der Waals surface area (Å²) in [6.45, 7) is 1.87. The van der Waals surface area contributed by atoms with Crippen LogP contribution in [0.25, 0.3) is 28.0 Å². The number of carbonyl (C=O) groups is 1. The van der Waals surface area contributed by atoms with E-state index in [0.29, 0.717) is 17.2 Å². The number of allylic oxidation sites excluding steroid dienone is 4. The van der Waals surface area contributed by atoms with Crippen molar-refractivity contribution in [2.45, 2.75) is 19.4 Å². The maximum Gasteiger partial charge on any atom is 0.255 e. The van der Waals surface area contributed by atoms with Crippen LogP contribution in [0.5, 0.6) is 0 Å². The van der Waals surface area contributed by atoms with Crippen LogP contribution >= 0.6 is 0 Å². The predicted octanol–water partition coefficient (Wildman–Crippen LogP) is 6.23. The molecule has 4 heterocycles. The van der Waals surface area contributed by atoms with Crippen molar-refractivity contribution in [1.29, 1.82) is 0 Å². The molecule has 0 saturated carbocycles. The number of pyridine rings is 1. The van der Waals surface area contributed by atoms with Crippen molar-refractivity contribution in [2.75, 3.05) is 17.2 Å². The monoisotopic (exact) mass is 551 g/mol. The van der Waals surface area contributed by atoms with Gasteiger partial charge in [-0.05, 0) is 79.1 Å². The van der Waals surface area contributed by atoms with E-state index in [1.54, 1.807) is 6.20 Å². The fourth-order valence-corrected chi connectivity index (χ4v) is 5.38. The number of benzene rings is 2. The van der Waals surface area contributed by atoms with Gasteiger partial charge < -0.3 is 16.0 Å². The molecule has 2 aromatic carbocycles. The Balaban J connectivity index is 1.23. The Kier molecular flexibility index (Phi) is 6.87. The van der Waals surface area contributed by atoms with Crippen molar-refractivity contribution in [3.63, 3.8) is 0 Å². The highest BCUT2D eigenvalue weighted by atomic mass is 16.1. The first-order valence-electron chi connectivity index (χ1n) is 14.1. The topological polar surface area (TPSA) is 96.2 Å². The summed E-state index contributed by atoms with van der Waals surface area (Å²) in [5, 5.41) is 14.8. The van der Waals surface area contributed by atoms with E-state index >= 15 is 0 Å². The van der Waals surface area contributed by atoms with E-state index in [2.05, 4.69) is 39.1 Å². The number of carbonyl (C=O) groups excluding carboxylic acids is 1. The van der Waals surface area contributed by atoms with Crippen LogP contribution in [0.4, 0.5) is 17.3 Å². The summed E-state index contributed by atoms with van der Waals surface area (Å²) < 4.78 is 1.86. The summed E-state index contributed by atoms with van der Waals surface area (Å²) in [5.74, 6) is 0.354. The van der Waals surface area contributed by atoms with Gasteiger partial charge in [-0.15, -0.1) is 0 Å². The van der Waals surface area contributed by atoms with Gasteiger partial charge in [0.05, 0.1) is 16.8 Å². The predicted molar refractivity (Wildman–Crippen MR) is 166 cm³/mol. The number of nitrogens with zero attached hydrogens (tertiary/aromatic N) is 4. The number of hydrogen-bond donors (Lipinski definition) is 3. The number of nitrogens with one attached hydrogen (secondary N) is 3. The lowest BCUT2D eigenvalue weighted by Gasteiger charge is -2.18. The molecular formula is C34H29N7O. The number of fused-ring (bicyclic) bond motifs is 2. The number of anilines is 3. The lowest BCUT2D eigenvalue weighted by atomic mass is 10.0. The Morgan fingerprint density at radius 3 is 2.90 bits per heavy atom. The molecule has 8 heteroatoms. The Morgan fingerprint density at radius 1 is 0.952 bits per heavy atom. The van der Waals surface area contributed by atoms with Crippen LogP contribution in [0, 0.1) is 0 Å². The molecule has 1 aliphatic heterocycles. The smallest absolute Gasteiger partial charge is 0.255 e. The summed E-state index contributed by atoms with van der Waals surface area (Å²) in [6, 6.07) is 22.0. The Hall–Kier alpha value is -5.34. The van der Waals surface area contributed by atoms with E-state index in [4.69, 9.17) is 10.1 Å². The summed E-state index contributed by atoms with van der Waals surface area (Å²) in [4.78, 5) is 22.4. The van der Waals surface area contributed by atoms with Gasteiger partial charge in [0.1, 0.15) is 5.69 Å². The molecule has 206 valence electrons. The van der Waals surface area contributed by atoms with Crippen LogP contribution in [0.2, 0.25) is 0 Å². The highest BCUT2D eigenvalue weighted by Gasteiger charge is 2.19. The molecule has 0 unspecified atom stereocenters. The fourth-order valence-electron chi connectivity index (χ4n) is 5.38. The molecule has 1 aliphatic carbocycles. The number of hydrogen-bond acceptors (Lipinski definition) is 6. The zero-order valence-electron chi connectivity index (χ0n) is 22.9. The molecule has 0 saturated heterocycles. The lowest BCUT2D eigenvalue weighted by molar-refractivity contribution is -0.112. The van der Waals surface area contributed by atoms with E-state index in [9.17, 15) is 4.79 Å². The SMILES string of the molecule is O=C(Nc1cccc(-c2nn3ccccc3c2-c2ccnc(Nc3ccc4c(c3)CNCC4)n2)c1)C1=CC=CCC=C1. The van der Waals surface area contributed by atoms with E-state index in [1.165, 1.54) is 11.1 Å². The van der Waals surface area contributed by atoms with Gasteiger partial charge in [-0.25, -0.2) is 14.5 Å². The zero-order chi connectivity index (χ0) is 28.3. The van der Waals surface area contributed by atoms with Crippen molar-refractivity contribution in [3.8, 4) is 22.5 Å². The van der Waals surface area contributed by atoms with Crippen molar-refractivity contribution in [2.24, 2.45) is 0 Å². The Bertz CT molecular complexity index is 1900. The summed E-state index contributed by atoms with van der Waals surface area (Å²) >= 11 is 0. The standard InChI is InChI=1S/C34H29N7O/c42-33(24-8-3-1-2-4-9-24)37-27-11-7-10-25(20-27)32-31(30-12-5-6-19-41(30)40-32)29-16-18-36-34(39-29)38-28-14-13-23-15-17-35-22-26(23)21-28/h1,3-14,16,18-21,35H,2,15,17,22H2,(H,37,42)(H,36,38,39). The van der Waals surface area contributed by atoms with Crippen LogP contribution in [0.1, 0.15) is 17.5 Å². The Labute approximate surface area is 243 Å². The molecule has 0 bridgehead atoms. The van der Waals surface area contributed by atoms with Crippen molar-refractivity contribution in [3.05, 3.63) is 126 Å². The maximum atomic E-state index is 13.0. The van der Waals surface area contributed by atoms with Gasteiger partial charge in [0.25, 0.3) is 5.91 Å². The van der Waals surface area contributed by atoms with Crippen LogP contribution in [-0.2, 0) is 17.8 Å². The van der Waals surface area contributed by atoms with Gasteiger partial charge in [-0.1, -0.05) is 48.6 Å². The van der Waals surface area contributed by atoms with Gasteiger partial charge in [-0.3, -0.25) is 4.79 Å². The van der Waals surface area contributed by atoms with E-state index in [0.717, 1.165) is 59.7 Å². The van der Waals surface area contributed by atoms with Crippen molar-refractivity contribution in [1.82, 2.24) is 24.9 Å². The third kappa shape index (κ3) is 5.23. The first-order chi connectivity index (χ1) is 20.7. The van der Waals surface area contributed by atoms with Gasteiger partial charge in [0, 0.05) is 41.4 Å². The molecule has 0 fully saturated rings. The van der Waals surface area contributed by atoms with Crippen LogP contribution in [0.15, 0.2) is 115 Å². The molecule has 3 aromatic heterocycles. The molecule has 2 aliphatic rings. The van der Waals surface area contributed by atoms with Crippen molar-refractivity contribution >= 4 is 28.7 Å². The highest BCUT2D eigenvalue weighted by Crippen LogP contribution is 2.35. The molecule has 1 amide bonds. The van der Waals surface area contributed by atoms with Crippen LogP contribution < -0.4 is 16.0 Å². The average molecular weight is 552 g/mol. The van der Waals surface area contributed by atoms with E-state index in [1.807, 2.05) is 89.6 Å². The number of aromatic nitrogens is 4. The molecule has 42 heavy (non-hydrogen) atoms. The van der Waals surface area contributed by atoms with E-state index in [-0.39, 0.29) is 5.91 Å². The number of rotatable bonds is 6. The van der Waals surface area contributed by atoms with Crippen molar-refractivity contribution < 1.29 is 4.79 Å². The molecule has 5 aromatic rings. The second kappa shape index (κ2) is 11.3. The van der Waals surface area contributed by atoms with E-state index < -0.39 is 0 Å². The Morgan fingerprint density at radius 2 is 1.93 bits per heavy atom. The summed E-state index contributed by atoms with van der Waals surface area (Å²) in [7, 11) is 0. The highest BCUT2D eigenvalue weighted by molar-refractivity contribution is 6.06. The molecule has 0 radical (unpaired) electrons. The molecular weight excluding hydrogens is 522 g/mol. The molecule has 8 nitrogen and oxygen atoms in total. The number of amides is 1. The van der Waals surface area contributed by atoms with Gasteiger partial charge in [0.2, 0.25) is 5.95 Å². The minimum Gasteiger partial charge on any atom is -0.324 e. The van der Waals surface area contributed by atoms with Gasteiger partial charge in [-0.2, -0.15) is 5.10 Å². The first kappa shape index (κ1) is 25.6. The third-order valence-corrected chi connectivity index (χ3v) is 7.44. The summed E-state index contributed by atoms with van der Waals surface area (Å²) in [5.41, 5.74) is 9.11. The minimum atomic E-state index is -0.158. The molecule has 7 rings (SSSR count). The molecule has 0 spiro atoms. The summed E-state index contributed by atoms with van der Waals surface area (Å²) in [6.07, 6.45) is 15.1. The largest absolute Gasteiger partial charge is 0.324 e. The zero-order valence-corrected chi connectivity index (χ0v) is 22.9. The third-order valence-electron chi connectivity index (χ3n) is 7.44. The minimum absolute atomic E-state index is 0.158. The van der Waals surface area contributed by atoms with Crippen LogP contribution in [-0.4, -0.2) is 32.0 Å². The normalized spacial score (nSPS) is 14.2. The van der Waals surface area contributed by atoms with Gasteiger partial charge >= 0.3 is 0 Å². The average Bonchev–Trinajstić information content (AvgIpc) is 3.19. The van der Waals surface area contributed by atoms with Gasteiger partial charge in [0.15, 0.2) is 0 Å². The lowest BCUT2D eigenvalue weighted by Crippen LogP contribution is -2.23. The maximum absolute atomic E-state index is 13.0. The first-order valence-corrected chi connectivity index (χ1v) is 14.1. The fraction of sp³-hybridized carbons (Fsp3) is 0.118. The second-order valence-electron chi connectivity index (χ2n) is 10.3. The second-order valence-corrected chi connectivity index (χ2v) is 10.3.